The van der Waals surface area contributed by atoms with Crippen LogP contribution in [0.4, 0.5) is 18.9 Å². The molecule has 0 bridgehead atoms. The van der Waals surface area contributed by atoms with Gasteiger partial charge in [0.15, 0.2) is 0 Å². The second-order valence-corrected chi connectivity index (χ2v) is 8.20. The van der Waals surface area contributed by atoms with Gasteiger partial charge in [0.05, 0.1) is 0 Å². The van der Waals surface area contributed by atoms with Gasteiger partial charge in [0, 0.05) is 24.8 Å². The second-order valence-electron chi connectivity index (χ2n) is 6.27. The smallest absolute Gasteiger partial charge is 0.381 e. The molecule has 2 aromatic rings. The molecular weight excluding hydrogens is 365 g/mol. The number of halogens is 3. The summed E-state index contributed by atoms with van der Waals surface area (Å²) >= 11 is 0. The maximum Gasteiger partial charge on any atom is 0.511 e. The van der Waals surface area contributed by atoms with Crippen molar-refractivity contribution in [2.75, 3.05) is 11.9 Å². The third kappa shape index (κ3) is 4.02. The highest BCUT2D eigenvalue weighted by Gasteiger charge is 2.50. The molecule has 0 fully saturated rings. The molecule has 1 unspecified atom stereocenters. The Bertz CT molecular complexity index is 854. The van der Waals surface area contributed by atoms with Crippen LogP contribution in [0.25, 0.3) is 0 Å². The van der Waals surface area contributed by atoms with Crippen LogP contribution in [0.15, 0.2) is 54.6 Å². The Morgan fingerprint density at radius 2 is 1.69 bits per heavy atom. The number of aryl methyl sites for hydroxylation is 1. The molecule has 26 heavy (non-hydrogen) atoms. The quantitative estimate of drug-likeness (QED) is 0.873. The summed E-state index contributed by atoms with van der Waals surface area (Å²) in [6.07, 6.45) is 1.16. The summed E-state index contributed by atoms with van der Waals surface area (Å²) in [5, 5.41) is 3.21. The summed E-state index contributed by atoms with van der Waals surface area (Å²) in [5.74, 6) is 0. The summed E-state index contributed by atoms with van der Waals surface area (Å²) in [4.78, 5) is 0. The Hall–Kier alpha value is -2.06. The van der Waals surface area contributed by atoms with Gasteiger partial charge in [-0.2, -0.15) is 17.5 Å². The number of alkyl halides is 3. The summed E-state index contributed by atoms with van der Waals surface area (Å²) in [6, 6.07) is 16.0. The number of sulfonamides is 1. The number of benzene rings is 2. The van der Waals surface area contributed by atoms with E-state index in [0.29, 0.717) is 28.4 Å². The number of hydrogen-bond donors (Lipinski definition) is 1. The van der Waals surface area contributed by atoms with Gasteiger partial charge in [0.2, 0.25) is 0 Å². The van der Waals surface area contributed by atoms with E-state index in [0.717, 1.165) is 5.56 Å². The molecule has 1 N–H and O–H groups in total. The fraction of sp³-hybridized carbons (Fsp3) is 0.333. The highest BCUT2D eigenvalue weighted by Crippen LogP contribution is 2.32. The van der Waals surface area contributed by atoms with Crippen LogP contribution in [0.2, 0.25) is 0 Å². The zero-order chi connectivity index (χ0) is 18.8. The highest BCUT2D eigenvalue weighted by atomic mass is 32.2. The minimum atomic E-state index is -5.39. The van der Waals surface area contributed by atoms with E-state index in [-0.39, 0.29) is 13.1 Å². The average Bonchev–Trinajstić information content (AvgIpc) is 2.79. The number of rotatable bonds is 4. The van der Waals surface area contributed by atoms with E-state index >= 15 is 0 Å². The van der Waals surface area contributed by atoms with E-state index < -0.39 is 21.6 Å². The van der Waals surface area contributed by atoms with Crippen LogP contribution in [0.1, 0.15) is 17.5 Å². The van der Waals surface area contributed by atoms with E-state index in [2.05, 4.69) is 5.32 Å². The lowest BCUT2D eigenvalue weighted by atomic mass is 10.0. The highest BCUT2D eigenvalue weighted by molar-refractivity contribution is 7.89. The first-order valence-corrected chi connectivity index (χ1v) is 9.66. The Balaban J connectivity index is 1.86. The molecule has 0 saturated carbocycles. The molecule has 1 aliphatic rings. The molecule has 0 saturated heterocycles. The maximum absolute atomic E-state index is 13.1. The van der Waals surface area contributed by atoms with Crippen LogP contribution in [0.5, 0.6) is 0 Å². The monoisotopic (exact) mass is 384 g/mol. The first-order chi connectivity index (χ1) is 12.3. The predicted octanol–water partition coefficient (Wildman–Crippen LogP) is 3.77. The molecule has 3 rings (SSSR count). The molecule has 4 nitrogen and oxygen atoms in total. The summed E-state index contributed by atoms with van der Waals surface area (Å²) < 4.78 is 63.6. The van der Waals surface area contributed by atoms with Gasteiger partial charge in [0.25, 0.3) is 0 Å². The molecule has 1 heterocycles. The van der Waals surface area contributed by atoms with Gasteiger partial charge in [0.1, 0.15) is 0 Å². The van der Waals surface area contributed by atoms with E-state index in [1.165, 1.54) is 0 Å². The average molecular weight is 384 g/mol. The third-order valence-electron chi connectivity index (χ3n) is 4.40. The third-order valence-corrected chi connectivity index (χ3v) is 5.95. The second kappa shape index (κ2) is 7.28. The van der Waals surface area contributed by atoms with E-state index in [9.17, 15) is 21.6 Å². The van der Waals surface area contributed by atoms with Crippen LogP contribution in [-0.2, 0) is 23.0 Å². The van der Waals surface area contributed by atoms with Crippen molar-refractivity contribution < 1.29 is 21.6 Å². The molecule has 1 aliphatic heterocycles. The predicted molar refractivity (Wildman–Crippen MR) is 94.0 cm³/mol. The molecule has 0 radical (unpaired) electrons. The van der Waals surface area contributed by atoms with Crippen LogP contribution in [0.3, 0.4) is 0 Å². The Morgan fingerprint density at radius 1 is 1.04 bits per heavy atom. The Kier molecular flexibility index (Phi) is 5.24. The van der Waals surface area contributed by atoms with Crippen molar-refractivity contribution in [3.8, 4) is 0 Å². The maximum atomic E-state index is 13.1. The molecule has 0 aromatic heterocycles. The summed E-state index contributed by atoms with van der Waals surface area (Å²) in [7, 11) is -5.39. The van der Waals surface area contributed by atoms with Crippen molar-refractivity contribution in [1.29, 1.82) is 0 Å². The lowest BCUT2D eigenvalue weighted by Crippen LogP contribution is -2.44. The lowest BCUT2D eigenvalue weighted by Gasteiger charge is -2.25. The number of nitrogens with one attached hydrogen (secondary N) is 1. The molecule has 8 heteroatoms. The fourth-order valence-electron chi connectivity index (χ4n) is 3.04. The van der Waals surface area contributed by atoms with E-state index in [4.69, 9.17) is 0 Å². The molecule has 0 amide bonds. The SMILES string of the molecule is O=S(=O)(N1Cc2ccccc2NC(CCc2ccccc2)C1)C(F)(F)F. The fourth-order valence-corrected chi connectivity index (χ4v) is 4.02. The van der Waals surface area contributed by atoms with Crippen molar-refractivity contribution in [3.63, 3.8) is 0 Å². The molecule has 140 valence electrons. The molecular formula is C18H19F3N2O2S. The summed E-state index contributed by atoms with van der Waals surface area (Å²) in [5.41, 5.74) is -3.05. The summed E-state index contributed by atoms with van der Waals surface area (Å²) in [6.45, 7) is -0.532. The van der Waals surface area contributed by atoms with Gasteiger partial charge in [-0.1, -0.05) is 48.5 Å². The molecule has 0 spiro atoms. The minimum absolute atomic E-state index is 0.233. The van der Waals surface area contributed by atoms with Crippen molar-refractivity contribution in [1.82, 2.24) is 4.31 Å². The van der Waals surface area contributed by atoms with Crippen LogP contribution in [0, 0.1) is 0 Å². The van der Waals surface area contributed by atoms with Gasteiger partial charge in [-0.3, -0.25) is 0 Å². The molecule has 0 aliphatic carbocycles. The van der Waals surface area contributed by atoms with Gasteiger partial charge in [-0.15, -0.1) is 0 Å². The number of fused-ring (bicyclic) bond motifs is 1. The van der Waals surface area contributed by atoms with Crippen molar-refractivity contribution in [2.45, 2.75) is 30.9 Å². The zero-order valence-corrected chi connectivity index (χ0v) is 14.7. The van der Waals surface area contributed by atoms with Gasteiger partial charge in [-0.05, 0) is 30.0 Å². The largest absolute Gasteiger partial charge is 0.511 e. The van der Waals surface area contributed by atoms with Crippen molar-refractivity contribution in [2.24, 2.45) is 0 Å². The van der Waals surface area contributed by atoms with Crippen LogP contribution < -0.4 is 5.32 Å². The lowest BCUT2D eigenvalue weighted by molar-refractivity contribution is -0.0491. The van der Waals surface area contributed by atoms with Gasteiger partial charge in [-0.25, -0.2) is 8.42 Å². The Morgan fingerprint density at radius 3 is 2.38 bits per heavy atom. The first kappa shape index (κ1) is 18.7. The normalized spacial score (nSPS) is 18.7. The standard InChI is InChI=1S/C18H19F3N2O2S/c19-18(20,21)26(24,25)23-12-15-8-4-5-9-17(15)22-16(13-23)11-10-14-6-2-1-3-7-14/h1-9,16,22H,10-13H2. The van der Waals surface area contributed by atoms with Crippen molar-refractivity contribution in [3.05, 3.63) is 65.7 Å². The minimum Gasteiger partial charge on any atom is -0.381 e. The molecule has 1 atom stereocenters. The van der Waals surface area contributed by atoms with Gasteiger partial charge >= 0.3 is 15.5 Å². The topological polar surface area (TPSA) is 49.4 Å². The van der Waals surface area contributed by atoms with E-state index in [1.54, 1.807) is 24.3 Å². The Labute approximate surface area is 150 Å². The number of anilines is 1. The zero-order valence-electron chi connectivity index (χ0n) is 13.9. The van der Waals surface area contributed by atoms with E-state index in [1.807, 2.05) is 30.3 Å². The van der Waals surface area contributed by atoms with Crippen molar-refractivity contribution >= 4 is 15.7 Å². The van der Waals surface area contributed by atoms with Crippen LogP contribution in [-0.4, -0.2) is 30.8 Å². The number of nitrogens with zero attached hydrogens (tertiary/aromatic N) is 1. The first-order valence-electron chi connectivity index (χ1n) is 8.22. The number of para-hydroxylation sites is 1. The van der Waals surface area contributed by atoms with Crippen LogP contribution >= 0.6 is 0 Å². The number of hydrogen-bond acceptors (Lipinski definition) is 3. The van der Waals surface area contributed by atoms with Gasteiger partial charge < -0.3 is 5.32 Å². The molecule has 2 aromatic carbocycles.